The van der Waals surface area contributed by atoms with Gasteiger partial charge in [-0.3, -0.25) is 0 Å². The zero-order chi connectivity index (χ0) is 25.2. The van der Waals surface area contributed by atoms with Crippen LogP contribution in [0.15, 0.2) is 12.1 Å². The van der Waals surface area contributed by atoms with Crippen molar-refractivity contribution >= 4 is 5.69 Å². The fraction of sp³-hybridized carbons (Fsp3) is 0.538. The van der Waals surface area contributed by atoms with Crippen molar-refractivity contribution < 1.29 is 74.6 Å². The van der Waals surface area contributed by atoms with Gasteiger partial charge in [0.05, 0.1) is 16.8 Å². The predicted molar refractivity (Wildman–Crippen MR) is 65.6 cm³/mol. The Labute approximate surface area is 158 Å². The second kappa shape index (κ2) is 6.91. The average molecular weight is 497 g/mol. The van der Waals surface area contributed by atoms with E-state index in [2.05, 4.69) is 5.73 Å². The van der Waals surface area contributed by atoms with Crippen LogP contribution in [0.1, 0.15) is 16.7 Å². The quantitative estimate of drug-likeness (QED) is 0.357. The molecule has 0 saturated heterocycles. The van der Waals surface area contributed by atoms with E-state index in [0.717, 1.165) is 0 Å². The summed E-state index contributed by atoms with van der Waals surface area (Å²) in [7, 11) is 0. The van der Waals surface area contributed by atoms with Crippen molar-refractivity contribution in [3.05, 3.63) is 28.8 Å². The lowest BCUT2D eigenvalue weighted by Gasteiger charge is -2.32. The zero-order valence-corrected chi connectivity index (χ0v) is 13.7. The van der Waals surface area contributed by atoms with Gasteiger partial charge < -0.3 is 5.73 Å². The number of nitrogen functional groups attached to an aromatic ring is 1. The molecule has 0 fully saturated rings. The number of nitrogens with two attached hydrogens (primary N) is 1. The monoisotopic (exact) mass is 497 g/mol. The molecular formula is C13H4F17N. The number of benzene rings is 1. The molecule has 180 valence electrons. The topological polar surface area (TPSA) is 26.0 Å². The molecule has 0 atom stereocenters. The van der Waals surface area contributed by atoms with E-state index in [1.54, 1.807) is 0 Å². The van der Waals surface area contributed by atoms with Crippen molar-refractivity contribution in [2.24, 2.45) is 0 Å². The van der Waals surface area contributed by atoms with E-state index in [-0.39, 0.29) is 0 Å². The maximum absolute atomic E-state index is 13.8. The Morgan fingerprint density at radius 3 is 1.13 bits per heavy atom. The maximum Gasteiger partial charge on any atom is 0.460 e. The molecule has 0 aliphatic rings. The van der Waals surface area contributed by atoms with Gasteiger partial charge in [-0.25, -0.2) is 0 Å². The number of hydrogen-bond donors (Lipinski definition) is 1. The molecule has 31 heavy (non-hydrogen) atoms. The fourth-order valence-corrected chi connectivity index (χ4v) is 2.04. The summed E-state index contributed by atoms with van der Waals surface area (Å²) in [5, 5.41) is 0. The Kier molecular flexibility index (Phi) is 5.99. The van der Waals surface area contributed by atoms with E-state index in [0.29, 0.717) is 0 Å². The molecule has 1 nitrogen and oxygen atoms in total. The smallest absolute Gasteiger partial charge is 0.398 e. The highest BCUT2D eigenvalue weighted by Gasteiger charge is 2.76. The van der Waals surface area contributed by atoms with Gasteiger partial charge in [-0.1, -0.05) is 0 Å². The van der Waals surface area contributed by atoms with Gasteiger partial charge >= 0.3 is 42.2 Å². The molecule has 0 bridgehead atoms. The summed E-state index contributed by atoms with van der Waals surface area (Å²) in [6, 6.07) is -2.82. The molecule has 0 aliphatic heterocycles. The van der Waals surface area contributed by atoms with Crippen molar-refractivity contribution in [3.63, 3.8) is 0 Å². The van der Waals surface area contributed by atoms with Crippen LogP contribution in [0.5, 0.6) is 0 Å². The van der Waals surface area contributed by atoms with E-state index in [4.69, 9.17) is 0 Å². The maximum atomic E-state index is 13.8. The van der Waals surface area contributed by atoms with Crippen LogP contribution in [0, 0.1) is 0 Å². The molecule has 0 aromatic heterocycles. The number of rotatable bonds is 4. The lowest BCUT2D eigenvalue weighted by atomic mass is 9.90. The predicted octanol–water partition coefficient (Wildman–Crippen LogP) is 6.87. The first kappa shape index (κ1) is 26.9. The number of hydrogen-bond acceptors (Lipinski definition) is 1. The van der Waals surface area contributed by atoms with Gasteiger partial charge in [0.25, 0.3) is 0 Å². The number of halogens is 17. The van der Waals surface area contributed by atoms with Gasteiger partial charge in [-0.15, -0.1) is 0 Å². The lowest BCUT2D eigenvalue weighted by molar-refractivity contribution is -0.361. The molecule has 0 amide bonds. The lowest BCUT2D eigenvalue weighted by Crippen LogP contribution is -2.51. The summed E-state index contributed by atoms with van der Waals surface area (Å²) in [4.78, 5) is 0. The highest BCUT2D eigenvalue weighted by molar-refractivity contribution is 5.60. The van der Waals surface area contributed by atoms with Crippen LogP contribution >= 0.6 is 0 Å². The largest absolute Gasteiger partial charge is 0.460 e. The van der Waals surface area contributed by atoms with E-state index in [1.807, 2.05) is 0 Å². The number of anilines is 1. The molecule has 1 aromatic rings. The van der Waals surface area contributed by atoms with Crippen LogP contribution in [-0.2, 0) is 18.0 Å². The summed E-state index contributed by atoms with van der Waals surface area (Å²) in [5.41, 5.74) is -8.09. The molecule has 1 rings (SSSR count). The zero-order valence-electron chi connectivity index (χ0n) is 13.7. The van der Waals surface area contributed by atoms with Gasteiger partial charge in [-0.2, -0.15) is 74.6 Å². The molecular weight excluding hydrogens is 493 g/mol. The van der Waals surface area contributed by atoms with Crippen LogP contribution in [-0.4, -0.2) is 24.2 Å². The van der Waals surface area contributed by atoms with E-state index < -0.39 is 76.7 Å². The van der Waals surface area contributed by atoms with Crippen molar-refractivity contribution in [2.75, 3.05) is 5.73 Å². The third-order valence-corrected chi connectivity index (χ3v) is 3.69. The summed E-state index contributed by atoms with van der Waals surface area (Å²) >= 11 is 0. The van der Waals surface area contributed by atoms with Gasteiger partial charge in [0, 0.05) is 5.56 Å². The summed E-state index contributed by atoms with van der Waals surface area (Å²) in [6.45, 7) is 0. The Bertz CT molecular complexity index is 826. The average Bonchev–Trinajstić information content (AvgIpc) is 2.50. The second-order valence-corrected chi connectivity index (χ2v) is 5.78. The van der Waals surface area contributed by atoms with Gasteiger partial charge in [0.2, 0.25) is 0 Å². The van der Waals surface area contributed by atoms with Gasteiger partial charge in [-0.05, 0) is 12.1 Å². The fourth-order valence-electron chi connectivity index (χ4n) is 2.04. The summed E-state index contributed by atoms with van der Waals surface area (Å²) < 4.78 is 219. The van der Waals surface area contributed by atoms with Crippen molar-refractivity contribution in [3.8, 4) is 0 Å². The molecule has 0 spiro atoms. The van der Waals surface area contributed by atoms with E-state index in [1.165, 1.54) is 0 Å². The molecule has 0 unspecified atom stereocenters. The first-order valence-electron chi connectivity index (χ1n) is 6.91. The van der Waals surface area contributed by atoms with Crippen LogP contribution in [0.4, 0.5) is 80.3 Å². The normalized spacial score (nSPS) is 15.4. The van der Waals surface area contributed by atoms with Crippen LogP contribution in [0.2, 0.25) is 0 Å². The molecule has 1 aromatic carbocycles. The molecule has 0 saturated carbocycles. The Morgan fingerprint density at radius 2 is 0.806 bits per heavy atom. The summed E-state index contributed by atoms with van der Waals surface area (Å²) in [5.74, 6) is -28.3. The Hall–Kier alpha value is -2.17. The molecule has 0 aliphatic carbocycles. The minimum atomic E-state index is -7.31. The third kappa shape index (κ3) is 4.04. The van der Waals surface area contributed by atoms with Crippen LogP contribution in [0.3, 0.4) is 0 Å². The minimum absolute atomic E-state index is 1.31. The van der Waals surface area contributed by atoms with E-state index >= 15 is 0 Å². The minimum Gasteiger partial charge on any atom is -0.398 e. The van der Waals surface area contributed by atoms with E-state index in [9.17, 15) is 74.6 Å². The van der Waals surface area contributed by atoms with Gasteiger partial charge in [0.15, 0.2) is 0 Å². The van der Waals surface area contributed by atoms with Crippen molar-refractivity contribution in [2.45, 2.75) is 42.2 Å². The van der Waals surface area contributed by atoms with Gasteiger partial charge in [0.1, 0.15) is 0 Å². The Balaban J connectivity index is 4.07. The molecule has 0 radical (unpaired) electrons. The molecule has 2 N–H and O–H groups in total. The summed E-state index contributed by atoms with van der Waals surface area (Å²) in [6.07, 6.45) is -20.7. The highest BCUT2D eigenvalue weighted by Crippen LogP contribution is 2.57. The van der Waals surface area contributed by atoms with Crippen LogP contribution in [0.25, 0.3) is 0 Å². The molecule has 0 heterocycles. The first-order chi connectivity index (χ1) is 13.2. The Morgan fingerprint density at radius 1 is 0.484 bits per heavy atom. The van der Waals surface area contributed by atoms with Crippen molar-refractivity contribution in [1.82, 2.24) is 0 Å². The third-order valence-electron chi connectivity index (χ3n) is 3.69. The highest BCUT2D eigenvalue weighted by atomic mass is 19.4. The second-order valence-electron chi connectivity index (χ2n) is 5.78. The molecule has 18 heteroatoms. The number of alkyl halides is 17. The standard InChI is InChI=1S/C13H4F17N/c14-7(15,10(21,22)12(25,26)27)3-1-4(6(31)5(2-3)9(18,19)20)8(16,17)11(23,24)13(28,29)30/h1-2H,31H2. The van der Waals surface area contributed by atoms with Crippen molar-refractivity contribution in [1.29, 1.82) is 0 Å². The first-order valence-corrected chi connectivity index (χ1v) is 6.91. The van der Waals surface area contributed by atoms with Crippen LogP contribution < -0.4 is 5.73 Å². The SMILES string of the molecule is Nc1c(C(F)(F)F)cc(C(F)(F)C(F)(F)C(F)(F)F)cc1C(F)(F)C(F)(F)C(F)(F)F.